The number of ether oxygens (including phenoxy) is 2. The third-order valence-electron chi connectivity index (χ3n) is 3.65. The summed E-state index contributed by atoms with van der Waals surface area (Å²) in [6.07, 6.45) is 0.266. The van der Waals surface area contributed by atoms with Gasteiger partial charge in [-0.05, 0) is 62.2 Å². The van der Waals surface area contributed by atoms with Gasteiger partial charge in [0, 0.05) is 5.69 Å². The smallest absolute Gasteiger partial charge is 0.338 e. The number of benzene rings is 2. The van der Waals surface area contributed by atoms with Crippen LogP contribution in [0.1, 0.15) is 36.7 Å². The van der Waals surface area contributed by atoms with Crippen molar-refractivity contribution in [2.75, 3.05) is 11.9 Å². The van der Waals surface area contributed by atoms with E-state index < -0.39 is 6.10 Å². The van der Waals surface area contributed by atoms with Gasteiger partial charge >= 0.3 is 5.97 Å². The van der Waals surface area contributed by atoms with Crippen molar-refractivity contribution < 1.29 is 19.1 Å². The summed E-state index contributed by atoms with van der Waals surface area (Å²) in [5.41, 5.74) is 2.19. The highest BCUT2D eigenvalue weighted by Crippen LogP contribution is 2.16. The van der Waals surface area contributed by atoms with E-state index in [1.807, 2.05) is 24.3 Å². The first-order chi connectivity index (χ1) is 12.0. The molecule has 1 amide bonds. The Morgan fingerprint density at radius 1 is 1.08 bits per heavy atom. The SMILES string of the molecule is CCOC(=O)c1ccc(NC(=O)C(C)Oc2cccc(CC)c2)cc1. The van der Waals surface area contributed by atoms with Crippen LogP contribution >= 0.6 is 0 Å². The van der Waals surface area contributed by atoms with Crippen molar-refractivity contribution in [2.24, 2.45) is 0 Å². The van der Waals surface area contributed by atoms with Gasteiger partial charge in [-0.15, -0.1) is 0 Å². The first kappa shape index (κ1) is 18.5. The molecular weight excluding hydrogens is 318 g/mol. The number of aryl methyl sites for hydroxylation is 1. The molecule has 0 heterocycles. The fourth-order valence-corrected chi connectivity index (χ4v) is 2.24. The molecule has 0 bridgehead atoms. The topological polar surface area (TPSA) is 64.6 Å². The second kappa shape index (κ2) is 8.87. The molecule has 1 atom stereocenters. The zero-order chi connectivity index (χ0) is 18.2. The lowest BCUT2D eigenvalue weighted by Gasteiger charge is -2.15. The Morgan fingerprint density at radius 2 is 1.80 bits per heavy atom. The number of hydrogen-bond donors (Lipinski definition) is 1. The number of hydrogen-bond acceptors (Lipinski definition) is 4. The molecule has 0 fully saturated rings. The summed E-state index contributed by atoms with van der Waals surface area (Å²) in [6, 6.07) is 14.2. The van der Waals surface area contributed by atoms with Crippen LogP contribution in [0.4, 0.5) is 5.69 Å². The number of amides is 1. The van der Waals surface area contributed by atoms with Crippen LogP contribution in [0.5, 0.6) is 5.75 Å². The summed E-state index contributed by atoms with van der Waals surface area (Å²) in [5, 5.41) is 2.77. The van der Waals surface area contributed by atoms with Crippen LogP contribution in [-0.2, 0) is 16.0 Å². The van der Waals surface area contributed by atoms with Crippen LogP contribution in [0.15, 0.2) is 48.5 Å². The molecular formula is C20H23NO4. The van der Waals surface area contributed by atoms with Gasteiger partial charge in [0.15, 0.2) is 6.10 Å². The Balaban J connectivity index is 1.95. The predicted molar refractivity (Wildman–Crippen MR) is 96.9 cm³/mol. The van der Waals surface area contributed by atoms with Gasteiger partial charge in [0.05, 0.1) is 12.2 Å². The van der Waals surface area contributed by atoms with Crippen LogP contribution in [0.3, 0.4) is 0 Å². The molecule has 0 saturated carbocycles. The van der Waals surface area contributed by atoms with E-state index in [0.717, 1.165) is 12.0 Å². The summed E-state index contributed by atoms with van der Waals surface area (Å²) < 4.78 is 10.6. The van der Waals surface area contributed by atoms with Crippen molar-refractivity contribution in [3.05, 3.63) is 59.7 Å². The van der Waals surface area contributed by atoms with E-state index in [9.17, 15) is 9.59 Å². The normalized spacial score (nSPS) is 11.5. The van der Waals surface area contributed by atoms with Gasteiger partial charge in [0.2, 0.25) is 0 Å². The summed E-state index contributed by atoms with van der Waals surface area (Å²) in [5.74, 6) is 0.0262. The monoisotopic (exact) mass is 341 g/mol. The van der Waals surface area contributed by atoms with E-state index >= 15 is 0 Å². The molecule has 25 heavy (non-hydrogen) atoms. The zero-order valence-corrected chi connectivity index (χ0v) is 14.7. The lowest BCUT2D eigenvalue weighted by Crippen LogP contribution is -2.30. The average molecular weight is 341 g/mol. The van der Waals surface area contributed by atoms with Gasteiger partial charge in [-0.25, -0.2) is 4.79 Å². The highest BCUT2D eigenvalue weighted by atomic mass is 16.5. The van der Waals surface area contributed by atoms with Crippen LogP contribution in [0, 0.1) is 0 Å². The molecule has 0 spiro atoms. The predicted octanol–water partition coefficient (Wildman–Crippen LogP) is 3.83. The maximum atomic E-state index is 12.3. The third kappa shape index (κ3) is 5.35. The lowest BCUT2D eigenvalue weighted by molar-refractivity contribution is -0.122. The summed E-state index contributed by atoms with van der Waals surface area (Å²) in [6.45, 7) is 5.84. The molecule has 1 N–H and O–H groups in total. The molecule has 1 unspecified atom stereocenters. The van der Waals surface area contributed by atoms with Crippen molar-refractivity contribution in [1.29, 1.82) is 0 Å². The van der Waals surface area contributed by atoms with Gasteiger partial charge < -0.3 is 14.8 Å². The minimum Gasteiger partial charge on any atom is -0.481 e. The third-order valence-corrected chi connectivity index (χ3v) is 3.65. The molecule has 132 valence electrons. The quantitative estimate of drug-likeness (QED) is 0.777. The van der Waals surface area contributed by atoms with Crippen LogP contribution < -0.4 is 10.1 Å². The van der Waals surface area contributed by atoms with E-state index in [2.05, 4.69) is 12.2 Å². The first-order valence-corrected chi connectivity index (χ1v) is 8.37. The number of rotatable bonds is 7. The summed E-state index contributed by atoms with van der Waals surface area (Å²) >= 11 is 0. The van der Waals surface area contributed by atoms with Crippen molar-refractivity contribution in [1.82, 2.24) is 0 Å². The molecule has 0 aliphatic carbocycles. The number of carbonyl (C=O) groups excluding carboxylic acids is 2. The zero-order valence-electron chi connectivity index (χ0n) is 14.7. The summed E-state index contributed by atoms with van der Waals surface area (Å²) in [7, 11) is 0. The Morgan fingerprint density at radius 3 is 2.44 bits per heavy atom. The average Bonchev–Trinajstić information content (AvgIpc) is 2.62. The Bertz CT molecular complexity index is 725. The fourth-order valence-electron chi connectivity index (χ4n) is 2.24. The number of carbonyl (C=O) groups is 2. The second-order valence-corrected chi connectivity index (χ2v) is 5.55. The minimum atomic E-state index is -0.642. The van der Waals surface area contributed by atoms with E-state index in [4.69, 9.17) is 9.47 Å². The number of esters is 1. The molecule has 2 aromatic rings. The molecule has 2 aromatic carbocycles. The van der Waals surface area contributed by atoms with Gasteiger partial charge in [0.1, 0.15) is 5.75 Å². The van der Waals surface area contributed by atoms with E-state index in [1.165, 1.54) is 0 Å². The van der Waals surface area contributed by atoms with Gasteiger partial charge in [-0.1, -0.05) is 19.1 Å². The maximum Gasteiger partial charge on any atom is 0.338 e. The largest absolute Gasteiger partial charge is 0.481 e. The maximum absolute atomic E-state index is 12.3. The fraction of sp³-hybridized carbons (Fsp3) is 0.300. The minimum absolute atomic E-state index is 0.259. The Hall–Kier alpha value is -2.82. The van der Waals surface area contributed by atoms with Crippen LogP contribution in [0.2, 0.25) is 0 Å². The van der Waals surface area contributed by atoms with Crippen molar-refractivity contribution >= 4 is 17.6 Å². The molecule has 0 saturated heterocycles. The highest BCUT2D eigenvalue weighted by Gasteiger charge is 2.15. The van der Waals surface area contributed by atoms with Crippen LogP contribution in [0.25, 0.3) is 0 Å². The van der Waals surface area contributed by atoms with E-state index in [0.29, 0.717) is 23.6 Å². The molecule has 0 aromatic heterocycles. The van der Waals surface area contributed by atoms with E-state index in [-0.39, 0.29) is 11.9 Å². The first-order valence-electron chi connectivity index (χ1n) is 8.37. The molecule has 5 nitrogen and oxygen atoms in total. The molecule has 5 heteroatoms. The number of anilines is 1. The molecule has 0 aliphatic heterocycles. The summed E-state index contributed by atoms with van der Waals surface area (Å²) in [4.78, 5) is 23.9. The number of nitrogens with one attached hydrogen (secondary N) is 1. The molecule has 0 radical (unpaired) electrons. The van der Waals surface area contributed by atoms with Crippen molar-refractivity contribution in [3.63, 3.8) is 0 Å². The van der Waals surface area contributed by atoms with Gasteiger partial charge in [-0.3, -0.25) is 4.79 Å². The van der Waals surface area contributed by atoms with Crippen molar-refractivity contribution in [2.45, 2.75) is 33.3 Å². The highest BCUT2D eigenvalue weighted by molar-refractivity contribution is 5.95. The van der Waals surface area contributed by atoms with Crippen LogP contribution in [-0.4, -0.2) is 24.6 Å². The lowest BCUT2D eigenvalue weighted by atomic mass is 10.1. The standard InChI is InChI=1S/C20H23NO4/c1-4-15-7-6-8-18(13-15)25-14(3)19(22)21-17-11-9-16(10-12-17)20(23)24-5-2/h6-14H,4-5H2,1-3H3,(H,21,22). The Kier molecular flexibility index (Phi) is 6.57. The second-order valence-electron chi connectivity index (χ2n) is 5.55. The van der Waals surface area contributed by atoms with Gasteiger partial charge in [0.25, 0.3) is 5.91 Å². The van der Waals surface area contributed by atoms with E-state index in [1.54, 1.807) is 38.1 Å². The van der Waals surface area contributed by atoms with Crippen molar-refractivity contribution in [3.8, 4) is 5.75 Å². The Labute approximate surface area is 148 Å². The van der Waals surface area contributed by atoms with Gasteiger partial charge in [-0.2, -0.15) is 0 Å². The molecule has 2 rings (SSSR count). The molecule has 0 aliphatic rings.